The molecule has 134 valence electrons. The van der Waals surface area contributed by atoms with Gasteiger partial charge in [0.2, 0.25) is 0 Å². The maximum atomic E-state index is 5.26. The van der Waals surface area contributed by atoms with Crippen LogP contribution in [-0.2, 0) is 11.3 Å². The monoisotopic (exact) mass is 342 g/mol. The van der Waals surface area contributed by atoms with Crippen LogP contribution < -0.4 is 15.4 Å². The first-order chi connectivity index (χ1) is 12.3. The van der Waals surface area contributed by atoms with Gasteiger partial charge < -0.3 is 20.1 Å². The molecule has 0 bridgehead atoms. The van der Waals surface area contributed by atoms with E-state index in [-0.39, 0.29) is 0 Å². The highest BCUT2D eigenvalue weighted by molar-refractivity contribution is 5.58. The quantitative estimate of drug-likeness (QED) is 0.806. The van der Waals surface area contributed by atoms with Gasteiger partial charge in [-0.1, -0.05) is 0 Å². The van der Waals surface area contributed by atoms with Gasteiger partial charge in [0, 0.05) is 25.3 Å². The summed E-state index contributed by atoms with van der Waals surface area (Å²) in [5.74, 6) is 3.00. The zero-order valence-electron chi connectivity index (χ0n) is 14.9. The predicted octanol–water partition coefficient (Wildman–Crippen LogP) is 2.71. The molecular weight excluding hydrogens is 316 g/mol. The number of benzene rings is 1. The van der Waals surface area contributed by atoms with Crippen molar-refractivity contribution in [2.45, 2.75) is 19.4 Å². The molecule has 1 fully saturated rings. The molecule has 25 heavy (non-hydrogen) atoms. The Morgan fingerprint density at radius 1 is 1.20 bits per heavy atom. The van der Waals surface area contributed by atoms with E-state index in [0.717, 1.165) is 42.5 Å². The number of hydrogen-bond acceptors (Lipinski definition) is 6. The highest BCUT2D eigenvalue weighted by Gasteiger charge is 2.14. The molecule has 3 rings (SSSR count). The summed E-state index contributed by atoms with van der Waals surface area (Å²) in [6.45, 7) is 3.57. The summed E-state index contributed by atoms with van der Waals surface area (Å²) < 4.78 is 10.5. The number of ether oxygens (including phenoxy) is 2. The van der Waals surface area contributed by atoms with Crippen LogP contribution in [0.3, 0.4) is 0 Å². The number of anilines is 1. The number of nitrogens with zero attached hydrogens (tertiary/aromatic N) is 2. The molecule has 2 aromatic rings. The van der Waals surface area contributed by atoms with Crippen molar-refractivity contribution in [2.75, 3.05) is 39.2 Å². The molecule has 1 aliphatic rings. The maximum absolute atomic E-state index is 5.26. The first-order valence-corrected chi connectivity index (χ1v) is 8.74. The van der Waals surface area contributed by atoms with Gasteiger partial charge in [-0.15, -0.1) is 0 Å². The second-order valence-corrected chi connectivity index (χ2v) is 6.32. The van der Waals surface area contributed by atoms with Crippen LogP contribution in [0, 0.1) is 5.92 Å². The van der Waals surface area contributed by atoms with E-state index in [9.17, 15) is 0 Å². The average molecular weight is 342 g/mol. The molecule has 1 aromatic carbocycles. The summed E-state index contributed by atoms with van der Waals surface area (Å²) in [5.41, 5.74) is 1.83. The summed E-state index contributed by atoms with van der Waals surface area (Å²) in [7, 11) is 3.34. The third kappa shape index (κ3) is 4.90. The molecule has 0 aliphatic carbocycles. The largest absolute Gasteiger partial charge is 0.497 e. The van der Waals surface area contributed by atoms with Crippen LogP contribution in [-0.4, -0.2) is 43.8 Å². The first-order valence-electron chi connectivity index (χ1n) is 8.74. The number of methoxy groups -OCH3 is 2. The van der Waals surface area contributed by atoms with E-state index in [1.165, 1.54) is 12.8 Å². The fourth-order valence-corrected chi connectivity index (χ4v) is 3.03. The van der Waals surface area contributed by atoms with Gasteiger partial charge in [-0.2, -0.15) is 0 Å². The van der Waals surface area contributed by atoms with E-state index >= 15 is 0 Å². The summed E-state index contributed by atoms with van der Waals surface area (Å²) in [6, 6.07) is 9.75. The van der Waals surface area contributed by atoms with Crippen molar-refractivity contribution in [2.24, 2.45) is 5.92 Å². The fourth-order valence-electron chi connectivity index (χ4n) is 3.03. The Balaban J connectivity index is 1.77. The molecule has 0 amide bonds. The predicted molar refractivity (Wildman–Crippen MR) is 98.8 cm³/mol. The van der Waals surface area contributed by atoms with Gasteiger partial charge in [-0.05, 0) is 56.1 Å². The Bertz CT molecular complexity index is 670. The molecule has 2 heterocycles. The lowest BCUT2D eigenvalue weighted by Gasteiger charge is -2.23. The molecule has 1 aromatic heterocycles. The summed E-state index contributed by atoms with van der Waals surface area (Å²) in [5, 5.41) is 6.92. The average Bonchev–Trinajstić information content (AvgIpc) is 2.67. The van der Waals surface area contributed by atoms with Gasteiger partial charge in [-0.3, -0.25) is 0 Å². The Morgan fingerprint density at radius 2 is 2.04 bits per heavy atom. The second-order valence-electron chi connectivity index (χ2n) is 6.32. The molecular formula is C19H26N4O2. The highest BCUT2D eigenvalue weighted by atomic mass is 16.5. The van der Waals surface area contributed by atoms with Gasteiger partial charge >= 0.3 is 0 Å². The molecule has 0 radical (unpaired) electrons. The summed E-state index contributed by atoms with van der Waals surface area (Å²) >= 11 is 0. The van der Waals surface area contributed by atoms with Crippen molar-refractivity contribution in [1.82, 2.24) is 15.3 Å². The van der Waals surface area contributed by atoms with E-state index < -0.39 is 0 Å². The van der Waals surface area contributed by atoms with Gasteiger partial charge in [-0.25, -0.2) is 9.97 Å². The minimum absolute atomic E-state index is 0.464. The number of hydrogen-bond donors (Lipinski definition) is 2. The van der Waals surface area contributed by atoms with Crippen molar-refractivity contribution in [1.29, 1.82) is 0 Å². The van der Waals surface area contributed by atoms with Crippen LogP contribution in [0.5, 0.6) is 5.75 Å². The van der Waals surface area contributed by atoms with Crippen LogP contribution in [0.2, 0.25) is 0 Å². The Labute approximate surface area is 149 Å². The topological polar surface area (TPSA) is 68.3 Å². The minimum atomic E-state index is 0.464. The molecule has 1 unspecified atom stereocenters. The van der Waals surface area contributed by atoms with E-state index in [1.54, 1.807) is 14.2 Å². The van der Waals surface area contributed by atoms with Crippen molar-refractivity contribution >= 4 is 5.82 Å². The van der Waals surface area contributed by atoms with Crippen LogP contribution in [0.4, 0.5) is 5.82 Å². The second kappa shape index (κ2) is 8.78. The SMILES string of the molecule is COCc1cc(NCC2CCCNC2)nc(-c2ccc(OC)cc2)n1. The Morgan fingerprint density at radius 3 is 2.72 bits per heavy atom. The zero-order chi connectivity index (χ0) is 17.5. The van der Waals surface area contributed by atoms with Gasteiger partial charge in [0.1, 0.15) is 11.6 Å². The molecule has 2 N–H and O–H groups in total. The molecule has 1 aliphatic heterocycles. The summed E-state index contributed by atoms with van der Waals surface area (Å²) in [6.07, 6.45) is 2.49. The van der Waals surface area contributed by atoms with Crippen molar-refractivity contribution in [3.63, 3.8) is 0 Å². The lowest BCUT2D eigenvalue weighted by Crippen LogP contribution is -2.33. The van der Waals surface area contributed by atoms with Gasteiger partial charge in [0.15, 0.2) is 5.82 Å². The number of nitrogens with one attached hydrogen (secondary N) is 2. The Hall–Kier alpha value is -2.18. The van der Waals surface area contributed by atoms with Crippen LogP contribution >= 0.6 is 0 Å². The number of rotatable bonds is 7. The van der Waals surface area contributed by atoms with Crippen LogP contribution in [0.15, 0.2) is 30.3 Å². The lowest BCUT2D eigenvalue weighted by molar-refractivity contribution is 0.181. The van der Waals surface area contributed by atoms with E-state index in [1.807, 2.05) is 30.3 Å². The molecule has 6 heteroatoms. The van der Waals surface area contributed by atoms with E-state index in [2.05, 4.69) is 20.6 Å². The number of aromatic nitrogens is 2. The van der Waals surface area contributed by atoms with Crippen molar-refractivity contribution in [3.05, 3.63) is 36.0 Å². The Kier molecular flexibility index (Phi) is 6.19. The van der Waals surface area contributed by atoms with Crippen LogP contribution in [0.1, 0.15) is 18.5 Å². The minimum Gasteiger partial charge on any atom is -0.497 e. The van der Waals surface area contributed by atoms with Crippen molar-refractivity contribution in [3.8, 4) is 17.1 Å². The first kappa shape index (κ1) is 17.6. The standard InChI is InChI=1S/C19H26N4O2/c1-24-13-16-10-18(21-12-14-4-3-9-20-11-14)23-19(22-16)15-5-7-17(25-2)8-6-15/h5-8,10,14,20H,3-4,9,11-13H2,1-2H3,(H,21,22,23). The number of piperidine rings is 1. The normalized spacial score (nSPS) is 17.3. The molecule has 0 spiro atoms. The third-order valence-electron chi connectivity index (χ3n) is 4.39. The zero-order valence-corrected chi connectivity index (χ0v) is 14.9. The fraction of sp³-hybridized carbons (Fsp3) is 0.474. The van der Waals surface area contributed by atoms with E-state index in [0.29, 0.717) is 18.3 Å². The van der Waals surface area contributed by atoms with Crippen LogP contribution in [0.25, 0.3) is 11.4 Å². The highest BCUT2D eigenvalue weighted by Crippen LogP contribution is 2.22. The van der Waals surface area contributed by atoms with Gasteiger partial charge in [0.05, 0.1) is 19.4 Å². The third-order valence-corrected chi connectivity index (χ3v) is 4.39. The summed E-state index contributed by atoms with van der Waals surface area (Å²) in [4.78, 5) is 9.30. The molecule has 6 nitrogen and oxygen atoms in total. The molecule has 1 saturated heterocycles. The molecule has 0 saturated carbocycles. The van der Waals surface area contributed by atoms with E-state index in [4.69, 9.17) is 9.47 Å². The van der Waals surface area contributed by atoms with Crippen molar-refractivity contribution < 1.29 is 9.47 Å². The maximum Gasteiger partial charge on any atom is 0.161 e. The smallest absolute Gasteiger partial charge is 0.161 e. The lowest BCUT2D eigenvalue weighted by atomic mass is 10.00. The van der Waals surface area contributed by atoms with Gasteiger partial charge in [0.25, 0.3) is 0 Å². The molecule has 1 atom stereocenters.